The molecular weight excluding hydrogens is 232 g/mol. The summed E-state index contributed by atoms with van der Waals surface area (Å²) in [6, 6.07) is -1.83. The van der Waals surface area contributed by atoms with Crippen LogP contribution in [0.1, 0.15) is 6.92 Å². The maximum absolute atomic E-state index is 11.2. The van der Waals surface area contributed by atoms with Gasteiger partial charge in [0.2, 0.25) is 0 Å². The van der Waals surface area contributed by atoms with Crippen LogP contribution in [0.4, 0.5) is 4.79 Å². The summed E-state index contributed by atoms with van der Waals surface area (Å²) < 4.78 is 0. The van der Waals surface area contributed by atoms with Gasteiger partial charge in [-0.25, -0.2) is 9.59 Å². The fraction of sp³-hybridized carbons (Fsp3) is 0.778. The number of thioether (sulfide) groups is 1. The molecule has 0 bridgehead atoms. The van der Waals surface area contributed by atoms with Crippen molar-refractivity contribution in [1.82, 2.24) is 10.6 Å². The number of hydrogen-bond acceptors (Lipinski definition) is 4. The molecular formula is C9H18N2O4S. The third-order valence-corrected chi connectivity index (χ3v) is 2.75. The van der Waals surface area contributed by atoms with Crippen LogP contribution < -0.4 is 10.6 Å². The van der Waals surface area contributed by atoms with E-state index in [1.54, 1.807) is 11.8 Å². The second-order valence-corrected chi connectivity index (χ2v) is 4.40. The number of carbonyl (C=O) groups excluding carboxylic acids is 1. The van der Waals surface area contributed by atoms with Crippen molar-refractivity contribution < 1.29 is 19.8 Å². The lowest BCUT2D eigenvalue weighted by molar-refractivity contribution is -0.140. The molecule has 0 spiro atoms. The number of urea groups is 1. The Hall–Kier alpha value is -0.950. The third-order valence-electron chi connectivity index (χ3n) is 1.85. The molecule has 2 amide bonds. The first-order valence-corrected chi connectivity index (χ1v) is 6.27. The normalized spacial score (nSPS) is 13.9. The zero-order valence-electron chi connectivity index (χ0n) is 9.40. The molecule has 0 aliphatic heterocycles. The van der Waals surface area contributed by atoms with E-state index in [-0.39, 0.29) is 0 Å². The van der Waals surface area contributed by atoms with Crippen LogP contribution in [-0.2, 0) is 4.79 Å². The van der Waals surface area contributed by atoms with Gasteiger partial charge in [-0.1, -0.05) is 6.92 Å². The molecule has 0 fully saturated rings. The minimum absolute atomic E-state index is 0.318. The quantitative estimate of drug-likeness (QED) is 0.498. The maximum Gasteiger partial charge on any atom is 0.328 e. The first kappa shape index (κ1) is 15.0. The van der Waals surface area contributed by atoms with Crippen molar-refractivity contribution in [3.63, 3.8) is 0 Å². The Labute approximate surface area is 98.8 Å². The Kier molecular flexibility index (Phi) is 7.74. The van der Waals surface area contributed by atoms with E-state index in [1.165, 1.54) is 0 Å². The van der Waals surface area contributed by atoms with Crippen LogP contribution in [0.5, 0.6) is 0 Å². The summed E-state index contributed by atoms with van der Waals surface area (Å²) in [4.78, 5) is 21.7. The molecule has 16 heavy (non-hydrogen) atoms. The second-order valence-electron chi connectivity index (χ2n) is 3.49. The summed E-state index contributed by atoms with van der Waals surface area (Å²) in [5.74, 6) is -0.0178. The fourth-order valence-electron chi connectivity index (χ4n) is 1.01. The highest BCUT2D eigenvalue weighted by Gasteiger charge is 2.18. The van der Waals surface area contributed by atoms with Crippen LogP contribution in [0.15, 0.2) is 0 Å². The van der Waals surface area contributed by atoms with Gasteiger partial charge in [0.1, 0.15) is 0 Å². The minimum Gasteiger partial charge on any atom is -0.480 e. The smallest absolute Gasteiger partial charge is 0.328 e. The highest BCUT2D eigenvalue weighted by Crippen LogP contribution is 2.02. The number of hydrogen-bond donors (Lipinski definition) is 4. The van der Waals surface area contributed by atoms with Crippen LogP contribution >= 0.6 is 11.8 Å². The molecule has 0 aromatic carbocycles. The van der Waals surface area contributed by atoms with Gasteiger partial charge in [0.05, 0.1) is 6.61 Å². The van der Waals surface area contributed by atoms with Crippen molar-refractivity contribution in [3.8, 4) is 0 Å². The Bertz CT molecular complexity index is 238. The number of aliphatic hydroxyl groups excluding tert-OH is 1. The fourth-order valence-corrected chi connectivity index (χ4v) is 1.69. The van der Waals surface area contributed by atoms with Crippen LogP contribution in [0.3, 0.4) is 0 Å². The van der Waals surface area contributed by atoms with Crippen molar-refractivity contribution in [1.29, 1.82) is 0 Å². The Morgan fingerprint density at radius 3 is 2.50 bits per heavy atom. The number of aliphatic hydroxyl groups is 1. The van der Waals surface area contributed by atoms with Gasteiger partial charge in [-0.2, -0.15) is 11.8 Å². The molecule has 0 aliphatic rings. The molecule has 0 radical (unpaired) electrons. The number of nitrogens with one attached hydrogen (secondary N) is 2. The highest BCUT2D eigenvalue weighted by molar-refractivity contribution is 7.98. The first-order chi connectivity index (χ1) is 7.51. The van der Waals surface area contributed by atoms with E-state index >= 15 is 0 Å². The van der Waals surface area contributed by atoms with Gasteiger partial charge in [0, 0.05) is 6.54 Å². The van der Waals surface area contributed by atoms with E-state index in [1.807, 2.05) is 13.2 Å². The van der Waals surface area contributed by atoms with Gasteiger partial charge in [0.25, 0.3) is 0 Å². The van der Waals surface area contributed by atoms with Crippen molar-refractivity contribution in [2.45, 2.75) is 13.0 Å². The average Bonchev–Trinajstić information content (AvgIpc) is 2.23. The molecule has 0 saturated carbocycles. The molecule has 0 aromatic heterocycles. The van der Waals surface area contributed by atoms with Crippen molar-refractivity contribution >= 4 is 23.8 Å². The Balaban J connectivity index is 3.85. The molecule has 2 atom stereocenters. The number of rotatable bonds is 7. The van der Waals surface area contributed by atoms with Gasteiger partial charge < -0.3 is 20.8 Å². The average molecular weight is 250 g/mol. The van der Waals surface area contributed by atoms with Gasteiger partial charge in [0.15, 0.2) is 6.04 Å². The summed E-state index contributed by atoms with van der Waals surface area (Å²) >= 11 is 1.68. The third kappa shape index (κ3) is 6.52. The molecule has 0 rings (SSSR count). The first-order valence-electron chi connectivity index (χ1n) is 4.88. The summed E-state index contributed by atoms with van der Waals surface area (Å²) in [5.41, 5.74) is 0. The summed E-state index contributed by atoms with van der Waals surface area (Å²) in [5, 5.41) is 22.0. The van der Waals surface area contributed by atoms with Crippen molar-refractivity contribution in [2.75, 3.05) is 25.2 Å². The predicted molar refractivity (Wildman–Crippen MR) is 62.6 cm³/mol. The minimum atomic E-state index is -1.25. The Morgan fingerprint density at radius 1 is 1.44 bits per heavy atom. The van der Waals surface area contributed by atoms with E-state index in [0.29, 0.717) is 12.5 Å². The molecule has 1 unspecified atom stereocenters. The summed E-state index contributed by atoms with van der Waals surface area (Å²) in [6.07, 6.45) is 1.97. The Morgan fingerprint density at radius 2 is 2.06 bits per heavy atom. The standard InChI is InChI=1S/C9H18N2O4S/c1-6(5-16-2)3-10-9(15)11-7(4-12)8(13)14/h6-7,12H,3-5H2,1-2H3,(H,13,14)(H2,10,11,15)/t6?,7-/m1/s1. The van der Waals surface area contributed by atoms with Crippen LogP contribution in [-0.4, -0.2) is 53.4 Å². The van der Waals surface area contributed by atoms with E-state index in [9.17, 15) is 9.59 Å². The number of carbonyl (C=O) groups is 2. The van der Waals surface area contributed by atoms with Gasteiger partial charge in [-0.15, -0.1) is 0 Å². The number of carboxylic acid groups (broad SMARTS) is 1. The van der Waals surface area contributed by atoms with E-state index in [4.69, 9.17) is 10.2 Å². The van der Waals surface area contributed by atoms with Gasteiger partial charge >= 0.3 is 12.0 Å². The van der Waals surface area contributed by atoms with Gasteiger partial charge in [-0.05, 0) is 17.9 Å². The molecule has 0 saturated heterocycles. The van der Waals surface area contributed by atoms with Gasteiger partial charge in [-0.3, -0.25) is 0 Å². The van der Waals surface area contributed by atoms with E-state index in [0.717, 1.165) is 5.75 Å². The summed E-state index contributed by atoms with van der Waals surface area (Å²) in [7, 11) is 0. The van der Waals surface area contributed by atoms with Crippen LogP contribution in [0.25, 0.3) is 0 Å². The topological polar surface area (TPSA) is 98.7 Å². The lowest BCUT2D eigenvalue weighted by Gasteiger charge is -2.14. The highest BCUT2D eigenvalue weighted by atomic mass is 32.2. The maximum atomic E-state index is 11.2. The van der Waals surface area contributed by atoms with E-state index < -0.39 is 24.6 Å². The van der Waals surface area contributed by atoms with Crippen molar-refractivity contribution in [2.24, 2.45) is 5.92 Å². The van der Waals surface area contributed by atoms with Crippen molar-refractivity contribution in [3.05, 3.63) is 0 Å². The van der Waals surface area contributed by atoms with Crippen LogP contribution in [0, 0.1) is 5.92 Å². The SMILES string of the molecule is CSCC(C)CNC(=O)N[C@H](CO)C(=O)O. The predicted octanol–water partition coefficient (Wildman–Crippen LogP) is -0.270. The van der Waals surface area contributed by atoms with Crippen LogP contribution in [0.2, 0.25) is 0 Å². The second kappa shape index (κ2) is 8.23. The molecule has 4 N–H and O–H groups in total. The number of carboxylic acids is 1. The monoisotopic (exact) mass is 250 g/mol. The molecule has 6 nitrogen and oxygen atoms in total. The molecule has 0 aromatic rings. The molecule has 94 valence electrons. The molecule has 0 heterocycles. The molecule has 0 aliphatic carbocycles. The lowest BCUT2D eigenvalue weighted by Crippen LogP contribution is -2.48. The lowest BCUT2D eigenvalue weighted by atomic mass is 10.2. The number of aliphatic carboxylic acids is 1. The molecule has 7 heteroatoms. The summed E-state index contributed by atoms with van der Waals surface area (Å²) in [6.45, 7) is 1.84. The zero-order chi connectivity index (χ0) is 12.6. The zero-order valence-corrected chi connectivity index (χ0v) is 10.2. The largest absolute Gasteiger partial charge is 0.480 e. The van der Waals surface area contributed by atoms with E-state index in [2.05, 4.69) is 10.6 Å². The number of amides is 2.